The molecule has 0 saturated carbocycles. The van der Waals surface area contributed by atoms with Gasteiger partial charge in [0.25, 0.3) is 0 Å². The van der Waals surface area contributed by atoms with Crippen LogP contribution in [0.4, 0.5) is 0 Å². The number of aromatic nitrogens is 1. The van der Waals surface area contributed by atoms with Gasteiger partial charge in [0.2, 0.25) is 5.91 Å². The van der Waals surface area contributed by atoms with Crippen molar-refractivity contribution in [1.29, 1.82) is 0 Å². The van der Waals surface area contributed by atoms with Gasteiger partial charge in [-0.15, -0.1) is 35.3 Å². The molecule has 0 radical (unpaired) electrons. The number of carbonyl (C=O) groups excluding carboxylic acids is 1. The number of hydrogen-bond donors (Lipinski definition) is 1. The summed E-state index contributed by atoms with van der Waals surface area (Å²) in [5, 5.41) is 3.36. The van der Waals surface area contributed by atoms with Crippen molar-refractivity contribution in [2.45, 2.75) is 52.7 Å². The quantitative estimate of drug-likeness (QED) is 0.424. The molecule has 0 aliphatic carbocycles. The van der Waals surface area contributed by atoms with Crippen molar-refractivity contribution in [2.24, 2.45) is 4.99 Å². The van der Waals surface area contributed by atoms with Crippen LogP contribution in [0, 0.1) is 6.92 Å². The summed E-state index contributed by atoms with van der Waals surface area (Å²) in [6.07, 6.45) is 0. The van der Waals surface area contributed by atoms with Crippen molar-refractivity contribution in [3.05, 3.63) is 16.1 Å². The summed E-state index contributed by atoms with van der Waals surface area (Å²) < 4.78 is 0. The molecular weight excluding hydrogens is 437 g/mol. The molecule has 1 aromatic heterocycles. The molecule has 136 valence electrons. The highest BCUT2D eigenvalue weighted by molar-refractivity contribution is 14.0. The number of rotatable bonds is 3. The number of carbonyl (C=O) groups is 1. The highest BCUT2D eigenvalue weighted by atomic mass is 127. The molecule has 0 atom stereocenters. The van der Waals surface area contributed by atoms with E-state index in [1.807, 2.05) is 22.2 Å². The zero-order valence-electron chi connectivity index (χ0n) is 15.3. The van der Waals surface area contributed by atoms with Gasteiger partial charge in [-0.1, -0.05) is 0 Å². The van der Waals surface area contributed by atoms with Crippen LogP contribution in [-0.4, -0.2) is 58.4 Å². The first-order chi connectivity index (χ1) is 10.8. The first-order valence-electron chi connectivity index (χ1n) is 7.93. The average molecular weight is 465 g/mol. The van der Waals surface area contributed by atoms with E-state index in [0.717, 1.165) is 18.2 Å². The minimum Gasteiger partial charge on any atom is -0.351 e. The lowest BCUT2D eigenvalue weighted by Crippen LogP contribution is -2.66. The lowest BCUT2D eigenvalue weighted by atomic mass is 9.96. The number of nitrogens with zero attached hydrogens (tertiary/aromatic N) is 4. The Hall–Kier alpha value is -0.900. The van der Waals surface area contributed by atoms with Gasteiger partial charge in [-0.3, -0.25) is 9.79 Å². The molecule has 24 heavy (non-hydrogen) atoms. The van der Waals surface area contributed by atoms with Gasteiger partial charge in [-0.25, -0.2) is 4.98 Å². The normalized spacial score (nSPS) is 18.0. The molecule has 1 aliphatic rings. The zero-order valence-corrected chi connectivity index (χ0v) is 18.4. The summed E-state index contributed by atoms with van der Waals surface area (Å²) in [4.78, 5) is 26.4. The number of amides is 1. The van der Waals surface area contributed by atoms with Crippen LogP contribution < -0.4 is 5.32 Å². The third kappa shape index (κ3) is 4.59. The average Bonchev–Trinajstić information content (AvgIpc) is 2.82. The summed E-state index contributed by atoms with van der Waals surface area (Å²) in [5.41, 5.74) is 2.67. The third-order valence-electron chi connectivity index (χ3n) is 4.10. The smallest absolute Gasteiger partial charge is 0.242 e. The number of nitrogens with one attached hydrogen (secondary N) is 1. The molecule has 6 nitrogen and oxygen atoms in total. The van der Waals surface area contributed by atoms with Crippen LogP contribution in [0.1, 0.15) is 38.3 Å². The first-order valence-corrected chi connectivity index (χ1v) is 8.81. The SMILES string of the molecule is CN=C(NCc1scnc1C)N1CC(=O)N(C(C)C)C(C)(C)C1.I. The molecule has 0 unspecified atom stereocenters. The van der Waals surface area contributed by atoms with Crippen LogP contribution in [0.15, 0.2) is 10.5 Å². The molecule has 1 saturated heterocycles. The fraction of sp³-hybridized carbons (Fsp3) is 0.688. The van der Waals surface area contributed by atoms with Gasteiger partial charge in [-0.05, 0) is 34.6 Å². The van der Waals surface area contributed by atoms with Crippen LogP contribution in [0.2, 0.25) is 0 Å². The second-order valence-electron chi connectivity index (χ2n) is 6.79. The molecule has 8 heteroatoms. The van der Waals surface area contributed by atoms with Crippen molar-refractivity contribution < 1.29 is 4.79 Å². The maximum Gasteiger partial charge on any atom is 0.242 e. The Morgan fingerprint density at radius 2 is 2.17 bits per heavy atom. The zero-order chi connectivity index (χ0) is 17.2. The van der Waals surface area contributed by atoms with Crippen molar-refractivity contribution >= 4 is 47.2 Å². The minimum absolute atomic E-state index is 0. The van der Waals surface area contributed by atoms with Crippen molar-refractivity contribution in [3.8, 4) is 0 Å². The highest BCUT2D eigenvalue weighted by Crippen LogP contribution is 2.24. The van der Waals surface area contributed by atoms with Crippen LogP contribution >= 0.6 is 35.3 Å². The molecule has 1 fully saturated rings. The standard InChI is InChI=1S/C16H27N5OS.HI/c1-11(2)21-14(22)8-20(9-16(21,4)5)15(17-6)18-7-13-12(3)19-10-23-13;/h10-11H,7-9H2,1-6H3,(H,17,18);1H. The maximum atomic E-state index is 12.6. The molecule has 0 aromatic carbocycles. The van der Waals surface area contributed by atoms with Gasteiger partial charge < -0.3 is 15.1 Å². The number of aliphatic imine (C=N–C) groups is 1. The number of guanidine groups is 1. The highest BCUT2D eigenvalue weighted by Gasteiger charge is 2.40. The van der Waals surface area contributed by atoms with Gasteiger partial charge in [0, 0.05) is 24.5 Å². The van der Waals surface area contributed by atoms with Gasteiger partial charge in [0.15, 0.2) is 5.96 Å². The van der Waals surface area contributed by atoms with Crippen molar-refractivity contribution in [2.75, 3.05) is 20.1 Å². The molecule has 0 spiro atoms. The molecule has 2 rings (SSSR count). The van der Waals surface area contributed by atoms with Crippen molar-refractivity contribution in [3.63, 3.8) is 0 Å². The van der Waals surface area contributed by atoms with Gasteiger partial charge in [-0.2, -0.15) is 0 Å². The number of aryl methyl sites for hydroxylation is 1. The van der Waals surface area contributed by atoms with Crippen LogP contribution in [-0.2, 0) is 11.3 Å². The Morgan fingerprint density at radius 1 is 1.50 bits per heavy atom. The van der Waals surface area contributed by atoms with E-state index in [4.69, 9.17) is 0 Å². The summed E-state index contributed by atoms with van der Waals surface area (Å²) in [5.74, 6) is 0.913. The predicted octanol–water partition coefficient (Wildman–Crippen LogP) is 2.48. The Kier molecular flexibility index (Phi) is 7.45. The molecule has 1 N–H and O–H groups in total. The Bertz CT molecular complexity index is 599. The monoisotopic (exact) mass is 465 g/mol. The van der Waals surface area contributed by atoms with E-state index in [0.29, 0.717) is 13.1 Å². The second kappa shape index (κ2) is 8.46. The molecule has 0 bridgehead atoms. The van der Waals surface area contributed by atoms with E-state index in [2.05, 4.69) is 43.0 Å². The Morgan fingerprint density at radius 3 is 2.62 bits per heavy atom. The summed E-state index contributed by atoms with van der Waals surface area (Å²) in [6.45, 7) is 12.2. The lowest BCUT2D eigenvalue weighted by Gasteiger charge is -2.49. The van der Waals surface area contributed by atoms with Gasteiger partial charge in [0.05, 0.1) is 29.8 Å². The van der Waals surface area contributed by atoms with Crippen LogP contribution in [0.5, 0.6) is 0 Å². The molecule has 1 amide bonds. The number of hydrogen-bond acceptors (Lipinski definition) is 4. The van der Waals surface area contributed by atoms with E-state index in [-0.39, 0.29) is 41.5 Å². The van der Waals surface area contributed by atoms with Crippen LogP contribution in [0.3, 0.4) is 0 Å². The fourth-order valence-corrected chi connectivity index (χ4v) is 4.02. The first kappa shape index (κ1) is 21.1. The summed E-state index contributed by atoms with van der Waals surface area (Å²) in [6, 6.07) is 0.203. The van der Waals surface area contributed by atoms with E-state index < -0.39 is 0 Å². The Balaban J connectivity index is 0.00000288. The van der Waals surface area contributed by atoms with E-state index in [9.17, 15) is 4.79 Å². The second-order valence-corrected chi connectivity index (χ2v) is 7.73. The van der Waals surface area contributed by atoms with E-state index in [1.54, 1.807) is 18.4 Å². The third-order valence-corrected chi connectivity index (χ3v) is 5.04. The fourth-order valence-electron chi connectivity index (χ4n) is 3.30. The topological polar surface area (TPSA) is 60.8 Å². The Labute approximate surface area is 165 Å². The van der Waals surface area contributed by atoms with Gasteiger partial charge in [0.1, 0.15) is 0 Å². The molecular formula is C16H28IN5OS. The van der Waals surface area contributed by atoms with E-state index in [1.165, 1.54) is 4.88 Å². The van der Waals surface area contributed by atoms with Crippen molar-refractivity contribution in [1.82, 2.24) is 20.1 Å². The molecule has 1 aliphatic heterocycles. The maximum absolute atomic E-state index is 12.6. The van der Waals surface area contributed by atoms with Gasteiger partial charge >= 0.3 is 0 Å². The largest absolute Gasteiger partial charge is 0.351 e. The molecule has 2 heterocycles. The predicted molar refractivity (Wildman–Crippen MR) is 110 cm³/mol. The number of halogens is 1. The van der Waals surface area contributed by atoms with E-state index >= 15 is 0 Å². The number of thiazole rings is 1. The summed E-state index contributed by atoms with van der Waals surface area (Å²) in [7, 11) is 1.76. The lowest BCUT2D eigenvalue weighted by molar-refractivity contribution is -0.145. The molecule has 1 aromatic rings. The minimum atomic E-state index is -0.221. The number of piperazine rings is 1. The summed E-state index contributed by atoms with van der Waals surface area (Å²) >= 11 is 1.63. The van der Waals surface area contributed by atoms with Crippen LogP contribution in [0.25, 0.3) is 0 Å².